The van der Waals surface area contributed by atoms with Crippen LogP contribution in [-0.2, 0) is 13.0 Å². The molecule has 3 aliphatic heterocycles. The summed E-state index contributed by atoms with van der Waals surface area (Å²) in [6, 6.07) is 14.6. The van der Waals surface area contributed by atoms with E-state index >= 15 is 0 Å². The number of nitrogens with two attached hydrogens (primary N) is 1. The van der Waals surface area contributed by atoms with Crippen molar-refractivity contribution < 1.29 is 27.6 Å². The predicted molar refractivity (Wildman–Crippen MR) is 141 cm³/mol. The molecule has 2 bridgehead atoms. The van der Waals surface area contributed by atoms with Gasteiger partial charge in [-0.2, -0.15) is 0 Å². The second kappa shape index (κ2) is 10.2. The first kappa shape index (κ1) is 26.3. The summed E-state index contributed by atoms with van der Waals surface area (Å²) in [5.41, 5.74) is 8.40. The zero-order valence-electron chi connectivity index (χ0n) is 21.7. The third-order valence-corrected chi connectivity index (χ3v) is 8.55. The Hall–Kier alpha value is -3.98. The summed E-state index contributed by atoms with van der Waals surface area (Å²) in [7, 11) is 0. The Balaban J connectivity index is 1.13. The molecule has 0 aliphatic carbocycles. The van der Waals surface area contributed by atoms with Crippen LogP contribution in [0.15, 0.2) is 60.7 Å². The van der Waals surface area contributed by atoms with Crippen LogP contribution >= 0.6 is 0 Å². The molecule has 1 unspecified atom stereocenters. The van der Waals surface area contributed by atoms with Gasteiger partial charge in [-0.25, -0.2) is 13.2 Å². The fourth-order valence-corrected chi connectivity index (χ4v) is 6.56. The lowest BCUT2D eigenvalue weighted by atomic mass is 9.82. The Morgan fingerprint density at radius 2 is 1.48 bits per heavy atom. The van der Waals surface area contributed by atoms with Gasteiger partial charge < -0.3 is 10.6 Å². The predicted octanol–water partition coefficient (Wildman–Crippen LogP) is 4.85. The van der Waals surface area contributed by atoms with E-state index in [1.54, 1.807) is 48.5 Å². The molecule has 3 aromatic carbocycles. The van der Waals surface area contributed by atoms with Crippen LogP contribution in [0.2, 0.25) is 0 Å². The molecule has 3 aliphatic rings. The highest BCUT2D eigenvalue weighted by Crippen LogP contribution is 2.41. The normalized spacial score (nSPS) is 22.6. The SMILES string of the molecule is N[C@H](Cc1cc(F)c(F)cc1F)C1C[C@H]2CC[C@@H](C1)N2C(=O)c1cccc(CN2C(=O)c3ccccc3C2=O)c1. The van der Waals surface area contributed by atoms with Gasteiger partial charge >= 0.3 is 0 Å². The van der Waals surface area contributed by atoms with Crippen LogP contribution in [0.3, 0.4) is 0 Å². The molecule has 206 valence electrons. The number of carbonyl (C=O) groups is 3. The molecule has 2 saturated heterocycles. The minimum Gasteiger partial charge on any atom is -0.333 e. The number of imide groups is 1. The molecular weight excluding hydrogens is 519 g/mol. The fraction of sp³-hybridized carbons (Fsp3) is 0.323. The molecule has 2 N–H and O–H groups in total. The van der Waals surface area contributed by atoms with E-state index in [0.29, 0.717) is 41.2 Å². The molecule has 6 nitrogen and oxygen atoms in total. The second-order valence-corrected chi connectivity index (χ2v) is 11.0. The molecule has 3 heterocycles. The Morgan fingerprint density at radius 1 is 0.850 bits per heavy atom. The van der Waals surface area contributed by atoms with E-state index in [1.165, 1.54) is 4.90 Å². The zero-order valence-corrected chi connectivity index (χ0v) is 21.7. The summed E-state index contributed by atoms with van der Waals surface area (Å²) in [6.45, 7) is 0.0673. The maximum Gasteiger partial charge on any atom is 0.261 e. The van der Waals surface area contributed by atoms with Gasteiger partial charge in [-0.1, -0.05) is 24.3 Å². The van der Waals surface area contributed by atoms with Crippen LogP contribution in [0.25, 0.3) is 0 Å². The largest absolute Gasteiger partial charge is 0.333 e. The van der Waals surface area contributed by atoms with Crippen molar-refractivity contribution >= 4 is 17.7 Å². The van der Waals surface area contributed by atoms with Crippen molar-refractivity contribution in [3.05, 3.63) is 106 Å². The van der Waals surface area contributed by atoms with Crippen molar-refractivity contribution in [3.63, 3.8) is 0 Å². The minimum atomic E-state index is -1.23. The standard InChI is InChI=1S/C31H28F3N3O3/c32-25-15-27(34)26(33)13-19(25)14-28(35)20-11-21-8-9-22(12-20)37(21)29(38)18-5-3-4-17(10-18)16-36-30(39)23-6-1-2-7-24(23)31(36)40/h1-7,10,13,15,20-22,28H,8-9,11-12,14,16,35H2/t20?,21-,22+,28-/m1/s1. The second-order valence-electron chi connectivity index (χ2n) is 11.0. The average Bonchev–Trinajstić information content (AvgIpc) is 3.35. The number of halogens is 3. The van der Waals surface area contributed by atoms with E-state index < -0.39 is 23.5 Å². The van der Waals surface area contributed by atoms with Gasteiger partial charge in [-0.3, -0.25) is 19.3 Å². The number of rotatable bonds is 6. The van der Waals surface area contributed by atoms with Crippen LogP contribution in [-0.4, -0.2) is 45.6 Å². The summed E-state index contributed by atoms with van der Waals surface area (Å²) in [4.78, 5) is 42.3. The van der Waals surface area contributed by atoms with Gasteiger partial charge in [0.1, 0.15) is 5.82 Å². The molecule has 0 spiro atoms. The highest BCUT2D eigenvalue weighted by molar-refractivity contribution is 6.21. The van der Waals surface area contributed by atoms with Gasteiger partial charge in [0, 0.05) is 29.8 Å². The van der Waals surface area contributed by atoms with Crippen molar-refractivity contribution in [2.45, 2.75) is 56.8 Å². The Bertz CT molecular complexity index is 1480. The van der Waals surface area contributed by atoms with Crippen molar-refractivity contribution in [1.82, 2.24) is 9.80 Å². The zero-order chi connectivity index (χ0) is 28.1. The van der Waals surface area contributed by atoms with Gasteiger partial charge in [0.25, 0.3) is 17.7 Å². The molecule has 6 rings (SSSR count). The summed E-state index contributed by atoms with van der Waals surface area (Å²) in [5.74, 6) is -3.95. The lowest BCUT2D eigenvalue weighted by Crippen LogP contribution is -2.50. The first-order valence-electron chi connectivity index (χ1n) is 13.5. The van der Waals surface area contributed by atoms with Gasteiger partial charge in [0.2, 0.25) is 0 Å². The molecule has 0 aromatic heterocycles. The van der Waals surface area contributed by atoms with Crippen LogP contribution in [0.4, 0.5) is 13.2 Å². The highest BCUT2D eigenvalue weighted by atomic mass is 19.2. The van der Waals surface area contributed by atoms with Crippen LogP contribution in [0.5, 0.6) is 0 Å². The van der Waals surface area contributed by atoms with Gasteiger partial charge in [0.15, 0.2) is 11.6 Å². The number of hydrogen-bond acceptors (Lipinski definition) is 4. The van der Waals surface area contributed by atoms with Crippen molar-refractivity contribution in [3.8, 4) is 0 Å². The quantitative estimate of drug-likeness (QED) is 0.353. The van der Waals surface area contributed by atoms with E-state index in [9.17, 15) is 27.6 Å². The molecule has 4 atom stereocenters. The highest BCUT2D eigenvalue weighted by Gasteiger charge is 2.45. The van der Waals surface area contributed by atoms with Gasteiger partial charge in [0.05, 0.1) is 17.7 Å². The topological polar surface area (TPSA) is 83.7 Å². The van der Waals surface area contributed by atoms with E-state index in [2.05, 4.69) is 0 Å². The van der Waals surface area contributed by atoms with Crippen molar-refractivity contribution in [2.24, 2.45) is 11.7 Å². The summed E-state index contributed by atoms with van der Waals surface area (Å²) in [5, 5.41) is 0. The average molecular weight is 548 g/mol. The molecule has 0 saturated carbocycles. The first-order chi connectivity index (χ1) is 19.2. The number of carbonyl (C=O) groups excluding carboxylic acids is 3. The third-order valence-electron chi connectivity index (χ3n) is 8.55. The Labute approximate surface area is 229 Å². The van der Waals surface area contributed by atoms with Crippen molar-refractivity contribution in [2.75, 3.05) is 0 Å². The summed E-state index contributed by atoms with van der Waals surface area (Å²) >= 11 is 0. The molecule has 2 fully saturated rings. The van der Waals surface area contributed by atoms with Crippen molar-refractivity contribution in [1.29, 1.82) is 0 Å². The number of benzene rings is 3. The monoisotopic (exact) mass is 547 g/mol. The Kier molecular flexibility index (Phi) is 6.70. The lowest BCUT2D eigenvalue weighted by Gasteiger charge is -2.41. The smallest absolute Gasteiger partial charge is 0.261 e. The molecule has 3 amide bonds. The molecular formula is C31H28F3N3O3. The van der Waals surface area contributed by atoms with E-state index in [1.807, 2.05) is 4.90 Å². The van der Waals surface area contributed by atoms with E-state index in [-0.39, 0.29) is 54.3 Å². The number of amides is 3. The maximum atomic E-state index is 14.2. The number of fused-ring (bicyclic) bond motifs is 3. The fourth-order valence-electron chi connectivity index (χ4n) is 6.56. The summed E-state index contributed by atoms with van der Waals surface area (Å²) in [6.07, 6.45) is 3.02. The van der Waals surface area contributed by atoms with Crippen LogP contribution in [0, 0.1) is 23.4 Å². The maximum absolute atomic E-state index is 14.2. The van der Waals surface area contributed by atoms with Gasteiger partial charge in [-0.05, 0) is 79.5 Å². The van der Waals surface area contributed by atoms with E-state index in [4.69, 9.17) is 5.73 Å². The van der Waals surface area contributed by atoms with Gasteiger partial charge in [-0.15, -0.1) is 0 Å². The molecule has 9 heteroatoms. The number of hydrogen-bond donors (Lipinski definition) is 1. The molecule has 40 heavy (non-hydrogen) atoms. The lowest BCUT2D eigenvalue weighted by molar-refractivity contribution is 0.0499. The van der Waals surface area contributed by atoms with Crippen LogP contribution < -0.4 is 5.73 Å². The van der Waals surface area contributed by atoms with Crippen LogP contribution in [0.1, 0.15) is 67.9 Å². The van der Waals surface area contributed by atoms with E-state index in [0.717, 1.165) is 18.9 Å². The first-order valence-corrected chi connectivity index (χ1v) is 13.5. The minimum absolute atomic E-state index is 0.00854. The third kappa shape index (κ3) is 4.58. The Morgan fingerprint density at radius 3 is 2.12 bits per heavy atom. The molecule has 3 aromatic rings. The number of nitrogens with zero attached hydrogens (tertiary/aromatic N) is 2. The molecule has 0 radical (unpaired) electrons. The number of piperidine rings is 1. The summed E-state index contributed by atoms with van der Waals surface area (Å²) < 4.78 is 41.2.